The Labute approximate surface area is 188 Å². The van der Waals surface area contributed by atoms with Gasteiger partial charge in [-0.05, 0) is 39.0 Å². The smallest absolute Gasteiger partial charge is 0.228 e. The summed E-state index contributed by atoms with van der Waals surface area (Å²) in [6, 6.07) is 6.33. The Morgan fingerprint density at radius 2 is 1.88 bits per heavy atom. The van der Waals surface area contributed by atoms with Crippen molar-refractivity contribution < 1.29 is 13.7 Å². The first kappa shape index (κ1) is 20.7. The molecule has 1 atom stereocenters. The van der Waals surface area contributed by atoms with Gasteiger partial charge in [-0.15, -0.1) is 0 Å². The van der Waals surface area contributed by atoms with E-state index in [1.165, 1.54) is 6.07 Å². The highest BCUT2D eigenvalue weighted by Gasteiger charge is 2.28. The molecule has 0 aliphatic carbocycles. The van der Waals surface area contributed by atoms with Gasteiger partial charge in [-0.2, -0.15) is 4.98 Å². The highest BCUT2D eigenvalue weighted by atomic mass is 35.5. The van der Waals surface area contributed by atoms with Crippen LogP contribution >= 0.6 is 11.6 Å². The van der Waals surface area contributed by atoms with Crippen LogP contribution in [0.15, 0.2) is 28.8 Å². The third-order valence-corrected chi connectivity index (χ3v) is 5.68. The first-order valence-electron chi connectivity index (χ1n) is 10.2. The number of halogens is 2. The van der Waals surface area contributed by atoms with Crippen molar-refractivity contribution in [1.29, 1.82) is 0 Å². The van der Waals surface area contributed by atoms with E-state index in [0.717, 1.165) is 11.4 Å². The molecule has 3 aromatic heterocycles. The van der Waals surface area contributed by atoms with E-state index in [0.29, 0.717) is 59.0 Å². The molecule has 164 valence electrons. The summed E-state index contributed by atoms with van der Waals surface area (Å²) in [5, 5.41) is 4.38. The van der Waals surface area contributed by atoms with Gasteiger partial charge in [0.15, 0.2) is 5.65 Å². The summed E-state index contributed by atoms with van der Waals surface area (Å²) < 4.78 is 25.9. The number of ether oxygens (including phenoxy) is 1. The Balaban J connectivity index is 1.62. The average Bonchev–Trinajstić information content (AvgIpc) is 3.21. The van der Waals surface area contributed by atoms with Gasteiger partial charge in [0.25, 0.3) is 0 Å². The van der Waals surface area contributed by atoms with Gasteiger partial charge in [-0.25, -0.2) is 19.3 Å². The van der Waals surface area contributed by atoms with Gasteiger partial charge in [0.1, 0.15) is 34.6 Å². The van der Waals surface area contributed by atoms with Crippen LogP contribution in [0.3, 0.4) is 0 Å². The van der Waals surface area contributed by atoms with Crippen molar-refractivity contribution in [3.8, 4) is 11.3 Å². The van der Waals surface area contributed by atoms with E-state index >= 15 is 0 Å². The monoisotopic (exact) mass is 454 g/mol. The topological polar surface area (TPSA) is 90.1 Å². The van der Waals surface area contributed by atoms with Gasteiger partial charge >= 0.3 is 0 Å². The zero-order valence-corrected chi connectivity index (χ0v) is 18.5. The molecule has 1 aliphatic heterocycles. The maximum Gasteiger partial charge on any atom is 0.228 e. The number of aryl methyl sites for hydroxylation is 3. The van der Waals surface area contributed by atoms with E-state index in [-0.39, 0.29) is 11.7 Å². The van der Waals surface area contributed by atoms with Crippen molar-refractivity contribution in [1.82, 2.24) is 25.1 Å². The number of morpholine rings is 1. The molecule has 0 radical (unpaired) electrons. The summed E-state index contributed by atoms with van der Waals surface area (Å²) in [4.78, 5) is 20.6. The second-order valence-corrected chi connectivity index (χ2v) is 8.17. The van der Waals surface area contributed by atoms with E-state index < -0.39 is 5.82 Å². The lowest BCUT2D eigenvalue weighted by Crippen LogP contribution is -2.39. The Morgan fingerprint density at radius 3 is 2.62 bits per heavy atom. The number of hydrogen-bond donors (Lipinski definition) is 0. The molecule has 1 fully saturated rings. The summed E-state index contributed by atoms with van der Waals surface area (Å²) in [6.07, 6.45) is -0.290. The first-order chi connectivity index (χ1) is 15.4. The maximum absolute atomic E-state index is 14.9. The average molecular weight is 455 g/mol. The van der Waals surface area contributed by atoms with E-state index in [2.05, 4.69) is 20.1 Å². The summed E-state index contributed by atoms with van der Waals surface area (Å²) in [5.74, 6) is 0.652. The Bertz CT molecular complexity index is 1330. The molecule has 0 unspecified atom stereocenters. The Kier molecular flexibility index (Phi) is 5.22. The van der Waals surface area contributed by atoms with Crippen LogP contribution in [0.25, 0.3) is 22.4 Å². The van der Waals surface area contributed by atoms with E-state index in [1.54, 1.807) is 12.1 Å². The van der Waals surface area contributed by atoms with E-state index in [4.69, 9.17) is 25.8 Å². The minimum absolute atomic E-state index is 0.289. The molecule has 32 heavy (non-hydrogen) atoms. The molecule has 0 bridgehead atoms. The third-order valence-electron chi connectivity index (χ3n) is 5.44. The van der Waals surface area contributed by atoms with Gasteiger partial charge in [0.05, 0.1) is 24.5 Å². The highest BCUT2D eigenvalue weighted by Crippen LogP contribution is 2.32. The second kappa shape index (κ2) is 8.07. The molecule has 0 spiro atoms. The van der Waals surface area contributed by atoms with Crippen molar-refractivity contribution in [3.05, 3.63) is 57.9 Å². The molecule has 4 heterocycles. The number of rotatable bonds is 3. The third kappa shape index (κ3) is 3.78. The second-order valence-electron chi connectivity index (χ2n) is 7.73. The molecule has 1 aliphatic rings. The van der Waals surface area contributed by atoms with Crippen LogP contribution in [-0.4, -0.2) is 44.8 Å². The lowest BCUT2D eigenvalue weighted by Gasteiger charge is -2.32. The Hall–Kier alpha value is -3.17. The molecule has 8 nitrogen and oxygen atoms in total. The molecule has 0 amide bonds. The fourth-order valence-electron chi connectivity index (χ4n) is 3.66. The van der Waals surface area contributed by atoms with Crippen molar-refractivity contribution >= 4 is 28.7 Å². The van der Waals surface area contributed by atoms with Crippen molar-refractivity contribution in [3.63, 3.8) is 0 Å². The van der Waals surface area contributed by atoms with Crippen molar-refractivity contribution in [2.75, 3.05) is 24.6 Å². The van der Waals surface area contributed by atoms with Gasteiger partial charge in [-0.1, -0.05) is 16.8 Å². The maximum atomic E-state index is 14.9. The first-order valence-corrected chi connectivity index (χ1v) is 10.5. The normalized spacial score (nSPS) is 16.7. The zero-order chi connectivity index (χ0) is 22.4. The van der Waals surface area contributed by atoms with Crippen LogP contribution in [0.2, 0.25) is 5.02 Å². The number of benzene rings is 1. The molecule has 4 aromatic rings. The van der Waals surface area contributed by atoms with Crippen LogP contribution in [0.1, 0.15) is 28.9 Å². The zero-order valence-electron chi connectivity index (χ0n) is 17.8. The lowest BCUT2D eigenvalue weighted by molar-refractivity contribution is 0.0345. The Morgan fingerprint density at radius 1 is 1.06 bits per heavy atom. The SMILES string of the molecule is Cc1cc([C@H]2CN(c3nc(-c4ccc(Cl)cc4F)c4nc(C)c(C)nc4n3)CCO2)no1. The van der Waals surface area contributed by atoms with E-state index in [1.807, 2.05) is 31.7 Å². The quantitative estimate of drug-likeness (QED) is 0.450. The lowest BCUT2D eigenvalue weighted by atomic mass is 10.1. The fraction of sp³-hybridized carbons (Fsp3) is 0.318. The molecule has 0 saturated carbocycles. The number of nitrogens with zero attached hydrogens (tertiary/aromatic N) is 6. The van der Waals surface area contributed by atoms with E-state index in [9.17, 15) is 4.39 Å². The summed E-state index contributed by atoms with van der Waals surface area (Å²) >= 11 is 5.96. The molecular weight excluding hydrogens is 435 g/mol. The van der Waals surface area contributed by atoms with Gasteiger partial charge < -0.3 is 14.2 Å². The fourth-order valence-corrected chi connectivity index (χ4v) is 3.82. The van der Waals surface area contributed by atoms with Crippen LogP contribution in [0.4, 0.5) is 10.3 Å². The van der Waals surface area contributed by atoms with Gasteiger partial charge in [-0.3, -0.25) is 0 Å². The number of fused-ring (bicyclic) bond motifs is 1. The minimum atomic E-state index is -0.485. The molecule has 1 aromatic carbocycles. The standard InChI is InChI=1S/C22H20ClFN6O2/c1-11-8-17(29-32-11)18-10-30(6-7-31-18)22-27-19(15-5-4-14(23)9-16(15)24)20-21(28-22)26-13(3)12(2)25-20/h4-5,8-9,18H,6-7,10H2,1-3H3/t18-/m1/s1. The van der Waals surface area contributed by atoms with Crippen LogP contribution < -0.4 is 4.90 Å². The van der Waals surface area contributed by atoms with Crippen LogP contribution in [-0.2, 0) is 4.74 Å². The van der Waals surface area contributed by atoms with Gasteiger partial charge in [0.2, 0.25) is 5.95 Å². The summed E-state index contributed by atoms with van der Waals surface area (Å²) in [7, 11) is 0. The number of aromatic nitrogens is 5. The number of anilines is 1. The predicted octanol–water partition coefficient (Wildman–Crippen LogP) is 4.37. The van der Waals surface area contributed by atoms with Gasteiger partial charge in [0, 0.05) is 23.2 Å². The summed E-state index contributed by atoms with van der Waals surface area (Å²) in [5.41, 5.74) is 3.70. The predicted molar refractivity (Wildman–Crippen MR) is 117 cm³/mol. The molecule has 1 saturated heterocycles. The largest absolute Gasteiger partial charge is 0.368 e. The van der Waals surface area contributed by atoms with Crippen LogP contribution in [0.5, 0.6) is 0 Å². The molecule has 10 heteroatoms. The minimum Gasteiger partial charge on any atom is -0.368 e. The highest BCUT2D eigenvalue weighted by molar-refractivity contribution is 6.30. The van der Waals surface area contributed by atoms with Crippen LogP contribution in [0, 0.1) is 26.6 Å². The van der Waals surface area contributed by atoms with Crippen molar-refractivity contribution in [2.45, 2.75) is 26.9 Å². The summed E-state index contributed by atoms with van der Waals surface area (Å²) in [6.45, 7) is 7.05. The molecule has 0 N–H and O–H groups in total. The molecular formula is C22H20ClFN6O2. The van der Waals surface area contributed by atoms with Crippen molar-refractivity contribution in [2.24, 2.45) is 0 Å². The number of hydrogen-bond acceptors (Lipinski definition) is 8. The molecule has 5 rings (SSSR count).